The Labute approximate surface area is 172 Å². The van der Waals surface area contributed by atoms with E-state index in [2.05, 4.69) is 20.3 Å². The molecule has 3 N–H and O–H groups in total. The molecular formula is C20H17FN4O4S. The van der Waals surface area contributed by atoms with Crippen LogP contribution in [0.15, 0.2) is 78.0 Å². The summed E-state index contributed by atoms with van der Waals surface area (Å²) >= 11 is 0. The number of sulfonamides is 1. The van der Waals surface area contributed by atoms with Crippen LogP contribution in [-0.2, 0) is 14.8 Å². The van der Waals surface area contributed by atoms with Crippen LogP contribution in [0.25, 0.3) is 0 Å². The number of aromatic nitrogens is 1. The zero-order valence-corrected chi connectivity index (χ0v) is 16.3. The van der Waals surface area contributed by atoms with Crippen molar-refractivity contribution < 1.29 is 22.4 Å². The number of benzene rings is 2. The van der Waals surface area contributed by atoms with Crippen molar-refractivity contribution in [3.8, 4) is 0 Å². The molecule has 0 radical (unpaired) electrons. The van der Waals surface area contributed by atoms with Gasteiger partial charge >= 0.3 is 0 Å². The van der Waals surface area contributed by atoms with Crippen molar-refractivity contribution in [3.05, 3.63) is 84.4 Å². The Morgan fingerprint density at radius 2 is 1.80 bits per heavy atom. The highest BCUT2D eigenvalue weighted by Gasteiger charge is 2.18. The SMILES string of the molecule is O=C(CNC(=O)c1cccc(S(=O)(=O)Nc2ccccc2F)c1)Nc1cccnc1. The molecular weight excluding hydrogens is 411 g/mol. The number of anilines is 2. The molecule has 0 atom stereocenters. The predicted octanol–water partition coefficient (Wildman–Crippen LogP) is 2.39. The van der Waals surface area contributed by atoms with E-state index >= 15 is 0 Å². The lowest BCUT2D eigenvalue weighted by Gasteiger charge is -2.10. The molecule has 3 aromatic rings. The summed E-state index contributed by atoms with van der Waals surface area (Å²) in [5.41, 5.74) is 0.295. The van der Waals surface area contributed by atoms with Gasteiger partial charge in [0.05, 0.1) is 29.0 Å². The van der Waals surface area contributed by atoms with Gasteiger partial charge in [-0.05, 0) is 42.5 Å². The van der Waals surface area contributed by atoms with Crippen LogP contribution in [0.2, 0.25) is 0 Å². The van der Waals surface area contributed by atoms with Gasteiger partial charge in [-0.25, -0.2) is 12.8 Å². The van der Waals surface area contributed by atoms with Crippen molar-refractivity contribution >= 4 is 33.2 Å². The molecule has 0 bridgehead atoms. The van der Waals surface area contributed by atoms with Gasteiger partial charge in [-0.15, -0.1) is 0 Å². The molecule has 8 nitrogen and oxygen atoms in total. The molecule has 0 aliphatic heterocycles. The third-order valence-corrected chi connectivity index (χ3v) is 5.24. The highest BCUT2D eigenvalue weighted by molar-refractivity contribution is 7.92. The van der Waals surface area contributed by atoms with Gasteiger partial charge in [0.1, 0.15) is 5.82 Å². The lowest BCUT2D eigenvalue weighted by atomic mass is 10.2. The van der Waals surface area contributed by atoms with Crippen molar-refractivity contribution in [2.24, 2.45) is 0 Å². The smallest absolute Gasteiger partial charge is 0.262 e. The van der Waals surface area contributed by atoms with E-state index in [9.17, 15) is 22.4 Å². The number of carbonyl (C=O) groups is 2. The highest BCUT2D eigenvalue weighted by Crippen LogP contribution is 2.19. The molecule has 0 saturated heterocycles. The van der Waals surface area contributed by atoms with Crippen LogP contribution in [0.4, 0.5) is 15.8 Å². The monoisotopic (exact) mass is 428 g/mol. The molecule has 0 aliphatic carbocycles. The molecule has 30 heavy (non-hydrogen) atoms. The van der Waals surface area contributed by atoms with Gasteiger partial charge in [0.2, 0.25) is 5.91 Å². The van der Waals surface area contributed by atoms with Crippen LogP contribution >= 0.6 is 0 Å². The molecule has 10 heteroatoms. The van der Waals surface area contributed by atoms with Crippen LogP contribution in [0.5, 0.6) is 0 Å². The van der Waals surface area contributed by atoms with Crippen molar-refractivity contribution in [2.75, 3.05) is 16.6 Å². The van der Waals surface area contributed by atoms with Gasteiger partial charge in [-0.3, -0.25) is 19.3 Å². The molecule has 0 fully saturated rings. The standard InChI is InChI=1S/C20H17FN4O4S/c21-17-8-1-2-9-18(17)25-30(28,29)16-7-3-5-14(11-16)20(27)23-13-19(26)24-15-6-4-10-22-12-15/h1-12,25H,13H2,(H,23,27)(H,24,26). The highest BCUT2D eigenvalue weighted by atomic mass is 32.2. The summed E-state index contributed by atoms with van der Waals surface area (Å²) in [7, 11) is -4.12. The summed E-state index contributed by atoms with van der Waals surface area (Å²) in [6.07, 6.45) is 3.01. The molecule has 2 amide bonds. The third-order valence-electron chi connectivity index (χ3n) is 3.88. The summed E-state index contributed by atoms with van der Waals surface area (Å²) in [5.74, 6) is -1.84. The van der Waals surface area contributed by atoms with Gasteiger partial charge in [0, 0.05) is 11.8 Å². The van der Waals surface area contributed by atoms with E-state index in [0.717, 1.165) is 12.1 Å². The van der Waals surface area contributed by atoms with E-state index in [-0.39, 0.29) is 22.7 Å². The summed E-state index contributed by atoms with van der Waals surface area (Å²) in [4.78, 5) is 27.9. The van der Waals surface area contributed by atoms with Gasteiger partial charge in [0.25, 0.3) is 15.9 Å². The first-order valence-corrected chi connectivity index (χ1v) is 10.2. The van der Waals surface area contributed by atoms with Crippen molar-refractivity contribution in [1.29, 1.82) is 0 Å². The van der Waals surface area contributed by atoms with Crippen LogP contribution < -0.4 is 15.4 Å². The Bertz CT molecular complexity index is 1170. The summed E-state index contributed by atoms with van der Waals surface area (Å²) in [5, 5.41) is 4.97. The molecule has 0 unspecified atom stereocenters. The Hall–Kier alpha value is -3.79. The maximum atomic E-state index is 13.7. The normalized spacial score (nSPS) is 10.8. The van der Waals surface area contributed by atoms with E-state index < -0.39 is 27.7 Å². The van der Waals surface area contributed by atoms with Crippen LogP contribution in [0.3, 0.4) is 0 Å². The Morgan fingerprint density at radius 3 is 2.53 bits per heavy atom. The van der Waals surface area contributed by atoms with E-state index in [1.807, 2.05) is 0 Å². The van der Waals surface area contributed by atoms with Crippen molar-refractivity contribution in [2.45, 2.75) is 4.90 Å². The van der Waals surface area contributed by atoms with Gasteiger partial charge < -0.3 is 10.6 Å². The zero-order valence-electron chi connectivity index (χ0n) is 15.5. The second-order valence-electron chi connectivity index (χ2n) is 6.09. The number of hydrogen-bond donors (Lipinski definition) is 3. The van der Waals surface area contributed by atoms with Crippen LogP contribution in [0, 0.1) is 5.82 Å². The molecule has 154 valence electrons. The first-order chi connectivity index (χ1) is 14.3. The van der Waals surface area contributed by atoms with E-state index in [4.69, 9.17) is 0 Å². The number of halogens is 1. The number of carbonyl (C=O) groups excluding carboxylic acids is 2. The summed E-state index contributed by atoms with van der Waals surface area (Å²) in [6, 6.07) is 13.8. The number of pyridine rings is 1. The first kappa shape index (κ1) is 20.9. The minimum absolute atomic E-state index is 0.0283. The lowest BCUT2D eigenvalue weighted by molar-refractivity contribution is -0.115. The number of rotatable bonds is 7. The Morgan fingerprint density at radius 1 is 1.00 bits per heavy atom. The van der Waals surface area contributed by atoms with E-state index in [0.29, 0.717) is 5.69 Å². The molecule has 0 aliphatic rings. The van der Waals surface area contributed by atoms with Crippen molar-refractivity contribution in [1.82, 2.24) is 10.3 Å². The average molecular weight is 428 g/mol. The Kier molecular flexibility index (Phi) is 6.38. The molecule has 0 spiro atoms. The summed E-state index contributed by atoms with van der Waals surface area (Å²) in [6.45, 7) is -0.321. The predicted molar refractivity (Wildman–Crippen MR) is 109 cm³/mol. The Balaban J connectivity index is 1.66. The fourth-order valence-electron chi connectivity index (χ4n) is 2.46. The molecule has 1 aromatic heterocycles. The number of amides is 2. The quantitative estimate of drug-likeness (QED) is 0.534. The number of hydrogen-bond acceptors (Lipinski definition) is 5. The second-order valence-corrected chi connectivity index (χ2v) is 7.77. The van der Waals surface area contributed by atoms with Crippen LogP contribution in [-0.4, -0.2) is 31.8 Å². The number of nitrogens with zero attached hydrogens (tertiary/aromatic N) is 1. The molecule has 1 heterocycles. The minimum atomic E-state index is -4.12. The van der Waals surface area contributed by atoms with Crippen molar-refractivity contribution in [3.63, 3.8) is 0 Å². The molecule has 2 aromatic carbocycles. The molecule has 3 rings (SSSR count). The van der Waals surface area contributed by atoms with E-state index in [1.54, 1.807) is 18.3 Å². The minimum Gasteiger partial charge on any atom is -0.343 e. The fraction of sp³-hybridized carbons (Fsp3) is 0.0500. The van der Waals surface area contributed by atoms with Gasteiger partial charge in [-0.2, -0.15) is 0 Å². The number of nitrogens with one attached hydrogen (secondary N) is 3. The number of para-hydroxylation sites is 1. The van der Waals surface area contributed by atoms with Crippen LogP contribution in [0.1, 0.15) is 10.4 Å². The molecule has 0 saturated carbocycles. The maximum Gasteiger partial charge on any atom is 0.262 e. The van der Waals surface area contributed by atoms with E-state index in [1.165, 1.54) is 42.6 Å². The lowest BCUT2D eigenvalue weighted by Crippen LogP contribution is -2.33. The second kappa shape index (κ2) is 9.14. The summed E-state index contributed by atoms with van der Waals surface area (Å²) < 4.78 is 40.9. The first-order valence-electron chi connectivity index (χ1n) is 8.71. The average Bonchev–Trinajstić information content (AvgIpc) is 2.74. The third kappa shape index (κ3) is 5.39. The van der Waals surface area contributed by atoms with Gasteiger partial charge in [0.15, 0.2) is 0 Å². The maximum absolute atomic E-state index is 13.7. The largest absolute Gasteiger partial charge is 0.343 e. The topological polar surface area (TPSA) is 117 Å². The zero-order chi connectivity index (χ0) is 21.6. The fourth-order valence-corrected chi connectivity index (χ4v) is 3.57. The van der Waals surface area contributed by atoms with Gasteiger partial charge in [-0.1, -0.05) is 18.2 Å².